The van der Waals surface area contributed by atoms with Crippen molar-refractivity contribution in [3.05, 3.63) is 42.7 Å². The first kappa shape index (κ1) is 12.3. The highest BCUT2D eigenvalue weighted by Crippen LogP contribution is 2.20. The van der Waals surface area contributed by atoms with E-state index in [0.717, 1.165) is 25.3 Å². The Balaban J connectivity index is 1.67. The monoisotopic (exact) mass is 257 g/mol. The molecular weight excluding hydrogens is 238 g/mol. The summed E-state index contributed by atoms with van der Waals surface area (Å²) in [6.07, 6.45) is 9.08. The Morgan fingerprint density at radius 3 is 3.05 bits per heavy atom. The van der Waals surface area contributed by atoms with E-state index < -0.39 is 0 Å². The van der Waals surface area contributed by atoms with Crippen LogP contribution >= 0.6 is 0 Å². The quantitative estimate of drug-likeness (QED) is 0.837. The maximum atomic E-state index is 4.43. The molecule has 100 valence electrons. The molecule has 5 nitrogen and oxygen atoms in total. The SMILES string of the molecule is c1ccc(CN2CCCC[C@H]2Cn2cncn2)nc1. The van der Waals surface area contributed by atoms with Crippen LogP contribution in [0.2, 0.25) is 0 Å². The van der Waals surface area contributed by atoms with Crippen LogP contribution in [-0.4, -0.2) is 37.2 Å². The Bertz CT molecular complexity index is 482. The van der Waals surface area contributed by atoms with Gasteiger partial charge in [-0.05, 0) is 31.5 Å². The molecule has 1 aliphatic heterocycles. The second-order valence-corrected chi connectivity index (χ2v) is 5.06. The van der Waals surface area contributed by atoms with Gasteiger partial charge >= 0.3 is 0 Å². The summed E-state index contributed by atoms with van der Waals surface area (Å²) in [7, 11) is 0. The molecule has 0 bridgehead atoms. The van der Waals surface area contributed by atoms with Crippen LogP contribution in [0.3, 0.4) is 0 Å². The number of pyridine rings is 1. The lowest BCUT2D eigenvalue weighted by atomic mass is 10.0. The molecule has 19 heavy (non-hydrogen) atoms. The van der Waals surface area contributed by atoms with Crippen LogP contribution in [0.4, 0.5) is 0 Å². The maximum Gasteiger partial charge on any atom is 0.137 e. The van der Waals surface area contributed by atoms with Crippen LogP contribution in [0.15, 0.2) is 37.1 Å². The molecule has 1 atom stereocenters. The van der Waals surface area contributed by atoms with Crippen molar-refractivity contribution in [3.63, 3.8) is 0 Å². The number of aromatic nitrogens is 4. The van der Waals surface area contributed by atoms with E-state index >= 15 is 0 Å². The third kappa shape index (κ3) is 3.17. The number of likely N-dealkylation sites (tertiary alicyclic amines) is 1. The molecule has 2 aromatic rings. The van der Waals surface area contributed by atoms with Crippen LogP contribution in [0.5, 0.6) is 0 Å². The average Bonchev–Trinajstić information content (AvgIpc) is 2.95. The summed E-state index contributed by atoms with van der Waals surface area (Å²) in [6, 6.07) is 6.66. The van der Waals surface area contributed by atoms with Gasteiger partial charge in [0.2, 0.25) is 0 Å². The summed E-state index contributed by atoms with van der Waals surface area (Å²) in [5.74, 6) is 0. The summed E-state index contributed by atoms with van der Waals surface area (Å²) in [5.41, 5.74) is 1.15. The molecular formula is C14H19N5. The summed E-state index contributed by atoms with van der Waals surface area (Å²) >= 11 is 0. The van der Waals surface area contributed by atoms with Crippen molar-refractivity contribution in [2.45, 2.75) is 38.4 Å². The van der Waals surface area contributed by atoms with E-state index in [1.165, 1.54) is 19.3 Å². The van der Waals surface area contributed by atoms with E-state index in [-0.39, 0.29) is 0 Å². The molecule has 0 amide bonds. The van der Waals surface area contributed by atoms with Crippen molar-refractivity contribution >= 4 is 0 Å². The first-order chi connectivity index (χ1) is 9.42. The molecule has 0 aromatic carbocycles. The van der Waals surface area contributed by atoms with Gasteiger partial charge < -0.3 is 0 Å². The van der Waals surface area contributed by atoms with Crippen LogP contribution in [0.25, 0.3) is 0 Å². The van der Waals surface area contributed by atoms with Gasteiger partial charge in [0, 0.05) is 18.8 Å². The molecule has 3 rings (SSSR count). The molecule has 3 heterocycles. The second kappa shape index (κ2) is 5.93. The van der Waals surface area contributed by atoms with Crippen molar-refractivity contribution in [2.24, 2.45) is 0 Å². The fraction of sp³-hybridized carbons (Fsp3) is 0.500. The number of nitrogens with zero attached hydrogens (tertiary/aromatic N) is 5. The average molecular weight is 257 g/mol. The van der Waals surface area contributed by atoms with Crippen molar-refractivity contribution < 1.29 is 0 Å². The minimum atomic E-state index is 0.539. The van der Waals surface area contributed by atoms with Gasteiger partial charge in [-0.15, -0.1) is 0 Å². The number of hydrogen-bond donors (Lipinski definition) is 0. The van der Waals surface area contributed by atoms with E-state index in [1.54, 1.807) is 12.7 Å². The van der Waals surface area contributed by atoms with Gasteiger partial charge in [-0.1, -0.05) is 12.5 Å². The molecule has 0 saturated carbocycles. The third-order valence-electron chi connectivity index (χ3n) is 3.70. The predicted molar refractivity (Wildman–Crippen MR) is 72.3 cm³/mol. The largest absolute Gasteiger partial charge is 0.293 e. The number of piperidine rings is 1. The maximum absolute atomic E-state index is 4.43. The van der Waals surface area contributed by atoms with Crippen LogP contribution in [-0.2, 0) is 13.1 Å². The molecule has 1 fully saturated rings. The summed E-state index contributed by atoms with van der Waals surface area (Å²) < 4.78 is 1.93. The normalized spacial score (nSPS) is 20.5. The molecule has 0 spiro atoms. The summed E-state index contributed by atoms with van der Waals surface area (Å²) in [4.78, 5) is 11.0. The van der Waals surface area contributed by atoms with Crippen molar-refractivity contribution in [1.82, 2.24) is 24.6 Å². The van der Waals surface area contributed by atoms with Crippen molar-refractivity contribution in [3.8, 4) is 0 Å². The van der Waals surface area contributed by atoms with E-state index in [4.69, 9.17) is 0 Å². The van der Waals surface area contributed by atoms with E-state index in [9.17, 15) is 0 Å². The lowest BCUT2D eigenvalue weighted by Gasteiger charge is -2.35. The van der Waals surface area contributed by atoms with Crippen molar-refractivity contribution in [2.75, 3.05) is 6.54 Å². The zero-order valence-corrected chi connectivity index (χ0v) is 11.0. The van der Waals surface area contributed by atoms with Gasteiger partial charge in [0.05, 0.1) is 12.2 Å². The standard InChI is InChI=1S/C14H19N5/c1-3-7-16-13(5-1)9-18-8-4-2-6-14(18)10-19-12-15-11-17-19/h1,3,5,7,11-12,14H,2,4,6,8-10H2/t14-/m0/s1. The number of rotatable bonds is 4. The van der Waals surface area contributed by atoms with Gasteiger partial charge in [-0.2, -0.15) is 5.10 Å². The van der Waals surface area contributed by atoms with Gasteiger partial charge in [-0.3, -0.25) is 14.6 Å². The molecule has 1 aliphatic rings. The van der Waals surface area contributed by atoms with Gasteiger partial charge in [0.25, 0.3) is 0 Å². The fourth-order valence-electron chi connectivity index (χ4n) is 2.72. The highest BCUT2D eigenvalue weighted by Gasteiger charge is 2.23. The van der Waals surface area contributed by atoms with E-state index in [1.807, 2.05) is 16.9 Å². The predicted octanol–water partition coefficient (Wildman–Crippen LogP) is 1.73. The molecule has 5 heteroatoms. The van der Waals surface area contributed by atoms with Gasteiger partial charge in [-0.25, -0.2) is 4.98 Å². The van der Waals surface area contributed by atoms with Gasteiger partial charge in [0.1, 0.15) is 12.7 Å². The first-order valence-electron chi connectivity index (χ1n) is 6.88. The Hall–Kier alpha value is -1.75. The van der Waals surface area contributed by atoms with Crippen LogP contribution in [0, 0.1) is 0 Å². The molecule has 0 aliphatic carbocycles. The second-order valence-electron chi connectivity index (χ2n) is 5.06. The fourth-order valence-corrected chi connectivity index (χ4v) is 2.72. The van der Waals surface area contributed by atoms with Crippen LogP contribution in [0.1, 0.15) is 25.0 Å². The molecule has 1 saturated heterocycles. The topological polar surface area (TPSA) is 46.8 Å². The minimum Gasteiger partial charge on any atom is -0.293 e. The Morgan fingerprint density at radius 2 is 2.26 bits per heavy atom. The summed E-state index contributed by atoms with van der Waals surface area (Å²) in [6.45, 7) is 3.00. The Kier molecular flexibility index (Phi) is 3.83. The highest BCUT2D eigenvalue weighted by atomic mass is 15.3. The Morgan fingerprint density at radius 1 is 1.26 bits per heavy atom. The van der Waals surface area contributed by atoms with E-state index in [0.29, 0.717) is 6.04 Å². The number of hydrogen-bond acceptors (Lipinski definition) is 4. The zero-order chi connectivity index (χ0) is 12.9. The minimum absolute atomic E-state index is 0.539. The third-order valence-corrected chi connectivity index (χ3v) is 3.70. The van der Waals surface area contributed by atoms with E-state index in [2.05, 4.69) is 32.1 Å². The van der Waals surface area contributed by atoms with Crippen LogP contribution < -0.4 is 0 Å². The molecule has 2 aromatic heterocycles. The highest BCUT2D eigenvalue weighted by molar-refractivity contribution is 5.03. The Labute approximate surface area is 113 Å². The summed E-state index contributed by atoms with van der Waals surface area (Å²) in [5, 5.41) is 4.22. The molecule has 0 radical (unpaired) electrons. The molecule has 0 unspecified atom stereocenters. The van der Waals surface area contributed by atoms with Crippen molar-refractivity contribution in [1.29, 1.82) is 0 Å². The lowest BCUT2D eigenvalue weighted by Crippen LogP contribution is -2.41. The first-order valence-corrected chi connectivity index (χ1v) is 6.88. The molecule has 0 N–H and O–H groups in total. The smallest absolute Gasteiger partial charge is 0.137 e. The lowest BCUT2D eigenvalue weighted by molar-refractivity contribution is 0.120. The zero-order valence-electron chi connectivity index (χ0n) is 11.0. The van der Waals surface area contributed by atoms with Gasteiger partial charge in [0.15, 0.2) is 0 Å².